The molecule has 0 amide bonds. The summed E-state index contributed by atoms with van der Waals surface area (Å²) in [5, 5.41) is 7.23. The molecule has 0 radical (unpaired) electrons. The Kier molecular flexibility index (Phi) is 2.60. The summed E-state index contributed by atoms with van der Waals surface area (Å²) in [6, 6.07) is 2.06. The van der Waals surface area contributed by atoms with Crippen LogP contribution in [0.2, 0.25) is 0 Å². The maximum atomic E-state index is 5.47. The van der Waals surface area contributed by atoms with Crippen molar-refractivity contribution in [3.05, 3.63) is 34.8 Å². The van der Waals surface area contributed by atoms with Gasteiger partial charge in [-0.1, -0.05) is 0 Å². The number of aromatic nitrogens is 2. The van der Waals surface area contributed by atoms with Gasteiger partial charge in [-0.25, -0.2) is 9.97 Å². The fourth-order valence-corrected chi connectivity index (χ4v) is 1.67. The van der Waals surface area contributed by atoms with E-state index in [1.807, 2.05) is 5.38 Å². The van der Waals surface area contributed by atoms with E-state index < -0.39 is 0 Å². The van der Waals surface area contributed by atoms with E-state index in [-0.39, 0.29) is 0 Å². The van der Waals surface area contributed by atoms with Crippen LogP contribution in [0.5, 0.6) is 0 Å². The van der Waals surface area contributed by atoms with E-state index in [9.17, 15) is 0 Å². The van der Waals surface area contributed by atoms with E-state index in [4.69, 9.17) is 5.73 Å². The Labute approximate surface area is 85.8 Å². The lowest BCUT2D eigenvalue weighted by Crippen LogP contribution is -2.02. The minimum absolute atomic E-state index is 0.575. The van der Waals surface area contributed by atoms with Gasteiger partial charge in [-0.05, 0) is 22.4 Å². The van der Waals surface area contributed by atoms with Gasteiger partial charge in [-0.15, -0.1) is 0 Å². The molecule has 72 valence electrons. The summed E-state index contributed by atoms with van der Waals surface area (Å²) in [6.45, 7) is 0.743. The molecule has 3 N–H and O–H groups in total. The number of nitrogen functional groups attached to an aromatic ring is 1. The molecule has 0 spiro atoms. The van der Waals surface area contributed by atoms with Gasteiger partial charge >= 0.3 is 0 Å². The highest BCUT2D eigenvalue weighted by molar-refractivity contribution is 7.07. The summed E-state index contributed by atoms with van der Waals surface area (Å²) < 4.78 is 0. The van der Waals surface area contributed by atoms with Gasteiger partial charge in [0.25, 0.3) is 0 Å². The summed E-state index contributed by atoms with van der Waals surface area (Å²) in [4.78, 5) is 8.07. The lowest BCUT2D eigenvalue weighted by Gasteiger charge is -2.02. The van der Waals surface area contributed by atoms with Crippen molar-refractivity contribution in [1.82, 2.24) is 9.97 Å². The van der Waals surface area contributed by atoms with Crippen molar-refractivity contribution in [2.24, 2.45) is 0 Å². The minimum atomic E-state index is 0.575. The van der Waals surface area contributed by atoms with Crippen molar-refractivity contribution < 1.29 is 0 Å². The number of nitrogens with two attached hydrogens (primary N) is 1. The highest BCUT2D eigenvalue weighted by atomic mass is 32.1. The highest BCUT2D eigenvalue weighted by Gasteiger charge is 1.95. The standard InChI is InChI=1S/C9H10N4S/c10-8-4-12-9(13-5-8)11-3-7-1-2-14-6-7/h1-2,4-6H,3,10H2,(H,11,12,13). The van der Waals surface area contributed by atoms with Crippen LogP contribution < -0.4 is 11.1 Å². The highest BCUT2D eigenvalue weighted by Crippen LogP contribution is 2.08. The Hall–Kier alpha value is -1.62. The number of thiophene rings is 1. The third-order valence-electron chi connectivity index (χ3n) is 1.70. The Bertz CT molecular complexity index is 382. The Morgan fingerprint density at radius 3 is 2.79 bits per heavy atom. The van der Waals surface area contributed by atoms with Crippen LogP contribution in [0.15, 0.2) is 29.2 Å². The normalized spacial score (nSPS) is 10.0. The lowest BCUT2D eigenvalue weighted by molar-refractivity contribution is 1.06. The number of rotatable bonds is 3. The van der Waals surface area contributed by atoms with Crippen molar-refractivity contribution in [1.29, 1.82) is 0 Å². The van der Waals surface area contributed by atoms with Crippen LogP contribution in [-0.4, -0.2) is 9.97 Å². The molecule has 0 saturated heterocycles. The third-order valence-corrected chi connectivity index (χ3v) is 2.43. The van der Waals surface area contributed by atoms with Crippen molar-refractivity contribution in [3.8, 4) is 0 Å². The molecule has 0 fully saturated rings. The Morgan fingerprint density at radius 1 is 1.36 bits per heavy atom. The van der Waals surface area contributed by atoms with Gasteiger partial charge in [0.1, 0.15) is 0 Å². The van der Waals surface area contributed by atoms with Gasteiger partial charge in [0, 0.05) is 6.54 Å². The van der Waals surface area contributed by atoms with E-state index in [1.54, 1.807) is 23.7 Å². The predicted octanol–water partition coefficient (Wildman–Crippen LogP) is 1.73. The molecule has 0 aliphatic carbocycles. The Morgan fingerprint density at radius 2 is 2.14 bits per heavy atom. The van der Waals surface area contributed by atoms with Crippen LogP contribution in [0.1, 0.15) is 5.56 Å². The van der Waals surface area contributed by atoms with Gasteiger partial charge in [-0.3, -0.25) is 0 Å². The largest absolute Gasteiger partial charge is 0.396 e. The summed E-state index contributed by atoms with van der Waals surface area (Å²) in [5.74, 6) is 0.602. The van der Waals surface area contributed by atoms with Crippen LogP contribution >= 0.6 is 11.3 Å². The molecule has 2 aromatic heterocycles. The zero-order valence-electron chi connectivity index (χ0n) is 7.47. The van der Waals surface area contributed by atoms with Gasteiger partial charge in [0.15, 0.2) is 0 Å². The minimum Gasteiger partial charge on any atom is -0.396 e. The molecule has 0 unspecified atom stereocenters. The fraction of sp³-hybridized carbons (Fsp3) is 0.111. The maximum absolute atomic E-state index is 5.47. The molecule has 0 saturated carbocycles. The molecule has 0 bridgehead atoms. The van der Waals surface area contributed by atoms with Crippen LogP contribution in [0.25, 0.3) is 0 Å². The molecule has 2 heterocycles. The third kappa shape index (κ3) is 2.20. The van der Waals surface area contributed by atoms with E-state index in [2.05, 4.69) is 26.7 Å². The summed E-state index contributed by atoms with van der Waals surface area (Å²) in [7, 11) is 0. The van der Waals surface area contributed by atoms with Gasteiger partial charge in [-0.2, -0.15) is 11.3 Å². The molecule has 14 heavy (non-hydrogen) atoms. The van der Waals surface area contributed by atoms with Crippen molar-refractivity contribution >= 4 is 23.0 Å². The molecule has 2 aromatic rings. The number of nitrogens with zero attached hydrogens (tertiary/aromatic N) is 2. The number of anilines is 2. The van der Waals surface area contributed by atoms with Crippen LogP contribution in [0, 0.1) is 0 Å². The molecule has 0 aromatic carbocycles. The second kappa shape index (κ2) is 4.06. The summed E-state index contributed by atoms with van der Waals surface area (Å²) in [5.41, 5.74) is 7.27. The molecule has 0 aliphatic rings. The van der Waals surface area contributed by atoms with Crippen molar-refractivity contribution in [2.45, 2.75) is 6.54 Å². The number of nitrogens with one attached hydrogen (secondary N) is 1. The fourth-order valence-electron chi connectivity index (χ4n) is 1.00. The first-order valence-electron chi connectivity index (χ1n) is 4.17. The molecule has 0 atom stereocenters. The molecule has 0 aliphatic heterocycles. The van der Waals surface area contributed by atoms with E-state index in [0.29, 0.717) is 11.6 Å². The molecular weight excluding hydrogens is 196 g/mol. The number of hydrogen-bond donors (Lipinski definition) is 2. The van der Waals surface area contributed by atoms with Crippen LogP contribution in [0.3, 0.4) is 0 Å². The quantitative estimate of drug-likeness (QED) is 0.802. The summed E-state index contributed by atoms with van der Waals surface area (Å²) >= 11 is 1.68. The summed E-state index contributed by atoms with van der Waals surface area (Å²) in [6.07, 6.45) is 3.17. The average molecular weight is 206 g/mol. The topological polar surface area (TPSA) is 63.8 Å². The smallest absolute Gasteiger partial charge is 0.222 e. The van der Waals surface area contributed by atoms with E-state index in [0.717, 1.165) is 6.54 Å². The van der Waals surface area contributed by atoms with Crippen molar-refractivity contribution in [2.75, 3.05) is 11.1 Å². The maximum Gasteiger partial charge on any atom is 0.222 e. The zero-order chi connectivity index (χ0) is 9.80. The zero-order valence-corrected chi connectivity index (χ0v) is 8.29. The monoisotopic (exact) mass is 206 g/mol. The van der Waals surface area contributed by atoms with Crippen LogP contribution in [-0.2, 0) is 6.54 Å². The molecule has 5 heteroatoms. The molecule has 2 rings (SSSR count). The lowest BCUT2D eigenvalue weighted by atomic mass is 10.3. The molecule has 4 nitrogen and oxygen atoms in total. The molecular formula is C9H10N4S. The SMILES string of the molecule is Nc1cnc(NCc2ccsc2)nc1. The average Bonchev–Trinajstić information content (AvgIpc) is 2.70. The predicted molar refractivity (Wildman–Crippen MR) is 58.1 cm³/mol. The number of hydrogen-bond acceptors (Lipinski definition) is 5. The van der Waals surface area contributed by atoms with Gasteiger partial charge in [0.2, 0.25) is 5.95 Å². The second-order valence-electron chi connectivity index (χ2n) is 2.83. The second-order valence-corrected chi connectivity index (χ2v) is 3.61. The first kappa shape index (κ1) is 8.96. The van der Waals surface area contributed by atoms with Crippen molar-refractivity contribution in [3.63, 3.8) is 0 Å². The first-order chi connectivity index (χ1) is 6.84. The first-order valence-corrected chi connectivity index (χ1v) is 5.11. The van der Waals surface area contributed by atoms with Gasteiger partial charge < -0.3 is 11.1 Å². The van der Waals surface area contributed by atoms with Gasteiger partial charge in [0.05, 0.1) is 18.1 Å². The Balaban J connectivity index is 1.95. The van der Waals surface area contributed by atoms with E-state index >= 15 is 0 Å². The van der Waals surface area contributed by atoms with Crippen LogP contribution in [0.4, 0.5) is 11.6 Å². The van der Waals surface area contributed by atoms with E-state index in [1.165, 1.54) is 5.56 Å².